The van der Waals surface area contributed by atoms with Crippen LogP contribution in [-0.4, -0.2) is 118 Å². The number of carbonyl (C=O) groups is 7. The molecule has 6 rings (SSSR count). The van der Waals surface area contributed by atoms with Crippen LogP contribution in [0.25, 0.3) is 0 Å². The van der Waals surface area contributed by atoms with Gasteiger partial charge in [0.05, 0.1) is 12.7 Å². The Balaban J connectivity index is 0.931. The molecule has 5 amide bonds. The van der Waals surface area contributed by atoms with Crippen LogP contribution in [-0.2, 0) is 53.9 Å². The molecular weight excluding hydrogens is 1110 g/mol. The van der Waals surface area contributed by atoms with Gasteiger partial charge in [0.25, 0.3) is 0 Å². The largest absolute Gasteiger partial charge is 0.449 e. The quantitative estimate of drug-likeness (QED) is 0.0179. The average molecular weight is 1190 g/mol. The van der Waals surface area contributed by atoms with E-state index in [1.165, 1.54) is 19.1 Å². The number of urea groups is 1. The van der Waals surface area contributed by atoms with E-state index in [2.05, 4.69) is 33.1 Å². The second-order valence-electron chi connectivity index (χ2n) is 23.4. The van der Waals surface area contributed by atoms with Crippen LogP contribution in [0.3, 0.4) is 0 Å². The summed E-state index contributed by atoms with van der Waals surface area (Å²) in [5.74, 6) is 0.337. The highest BCUT2D eigenvalue weighted by Gasteiger charge is 2.78. The Kier molecular flexibility index (Phi) is 23.5. The summed E-state index contributed by atoms with van der Waals surface area (Å²) in [6.45, 7) is 7.97. The number of halogens is 3. The maximum Gasteiger partial charge on any atom is 0.328 e. The van der Waals surface area contributed by atoms with Crippen molar-refractivity contribution < 1.29 is 75.3 Å². The number of alkyl halides is 3. The van der Waals surface area contributed by atoms with Gasteiger partial charge in [-0.25, -0.2) is 18.0 Å². The van der Waals surface area contributed by atoms with Crippen molar-refractivity contribution in [1.82, 2.24) is 16.0 Å². The predicted octanol–water partition coefficient (Wildman–Crippen LogP) is 8.52. The van der Waals surface area contributed by atoms with E-state index in [1.807, 2.05) is 0 Å². The standard InChI is InChI=1S/C59H83F3N5O13PS/c1-37(2)51(67-49(70)35-78-42-18-13-9-8-10-14-19-42)53(73)66-47(20-17-28-64-55(63)75)52(72)65-40-24-22-39(23-25-40)34-79-81(76,77)29-16-12-7-6-11-15-21-50(71)80-59(54(74)82-36-60)38(3)30-43-44-32-46(61)45-31-41(68)26-27-56(45,4)58(44,62)48(69)33-57(43,59)5/h22-27,31,37-38,42-44,46-48,51,69H,6-13,15-18,20-21,28-30,32-36H2,1-5H3,(H,65,72)(H,66,73)(H,67,70)(H,76,77)(H3,63,64,75)/t38-,42?,43+,44+,46+,47?,48+,51?,56+,57+,58+,59+/m1/s1. The predicted molar refractivity (Wildman–Crippen MR) is 304 cm³/mol. The number of thioether (sulfide) groups is 1. The van der Waals surface area contributed by atoms with Crippen LogP contribution >= 0.6 is 19.4 Å². The number of amides is 5. The second-order valence-corrected chi connectivity index (χ2v) is 26.3. The second kappa shape index (κ2) is 29.2. The minimum Gasteiger partial charge on any atom is -0.449 e. The van der Waals surface area contributed by atoms with Gasteiger partial charge in [-0.1, -0.05) is 83.9 Å². The van der Waals surface area contributed by atoms with Crippen molar-refractivity contribution in [3.8, 4) is 11.8 Å². The van der Waals surface area contributed by atoms with E-state index in [0.29, 0.717) is 68.0 Å². The average Bonchev–Trinajstić information content (AvgIpc) is 1.34. The number of fused-ring (bicyclic) bond motifs is 5. The van der Waals surface area contributed by atoms with E-state index in [-0.39, 0.29) is 82.0 Å². The molecule has 0 spiro atoms. The van der Waals surface area contributed by atoms with E-state index >= 15 is 8.78 Å². The van der Waals surface area contributed by atoms with Crippen molar-refractivity contribution in [3.63, 3.8) is 0 Å². The Hall–Kier alpha value is -5.04. The highest BCUT2D eigenvalue weighted by atomic mass is 32.2. The first-order chi connectivity index (χ1) is 38.8. The Bertz CT molecular complexity index is 2660. The lowest BCUT2D eigenvalue weighted by molar-refractivity contribution is -0.228. The molecule has 1 aromatic carbocycles. The summed E-state index contributed by atoms with van der Waals surface area (Å²) < 4.78 is 78.0. The van der Waals surface area contributed by atoms with Crippen molar-refractivity contribution in [2.24, 2.45) is 40.2 Å². The highest BCUT2D eigenvalue weighted by molar-refractivity contribution is 8.13. The van der Waals surface area contributed by atoms with Gasteiger partial charge in [-0.3, -0.25) is 33.3 Å². The molecule has 3 fully saturated rings. The molecule has 454 valence electrons. The number of unbranched alkanes of at least 4 members (excludes halogenated alkanes) is 5. The topological polar surface area (TPSA) is 279 Å². The number of aliphatic hydroxyl groups is 1. The molecule has 23 heteroatoms. The fourth-order valence-electron chi connectivity index (χ4n) is 13.1. The minimum absolute atomic E-state index is 0.0383. The third-order valence-electron chi connectivity index (χ3n) is 17.5. The zero-order chi connectivity index (χ0) is 60.0. The molecule has 3 saturated carbocycles. The van der Waals surface area contributed by atoms with Crippen molar-refractivity contribution in [2.45, 2.75) is 192 Å². The van der Waals surface area contributed by atoms with E-state index in [0.717, 1.165) is 31.8 Å². The number of rotatable bonds is 28. The third kappa shape index (κ3) is 15.6. The molecule has 0 heterocycles. The summed E-state index contributed by atoms with van der Waals surface area (Å²) in [5, 5.41) is 21.7. The lowest BCUT2D eigenvalue weighted by Gasteiger charge is -2.63. The number of hydrogen-bond donors (Lipinski definition) is 7. The number of benzene rings is 1. The van der Waals surface area contributed by atoms with Gasteiger partial charge < -0.3 is 51.0 Å². The maximum absolute atomic E-state index is 17.8. The van der Waals surface area contributed by atoms with E-state index in [1.54, 1.807) is 52.0 Å². The number of ether oxygens (including phenoxy) is 2. The number of aliphatic hydroxyl groups excluding tert-OH is 1. The van der Waals surface area contributed by atoms with Crippen molar-refractivity contribution >= 4 is 65.7 Å². The molecule has 4 unspecified atom stereocenters. The van der Waals surface area contributed by atoms with Gasteiger partial charge >= 0.3 is 19.6 Å². The van der Waals surface area contributed by atoms with E-state index in [9.17, 15) is 52.5 Å². The maximum atomic E-state index is 17.8. The summed E-state index contributed by atoms with van der Waals surface area (Å²) in [7, 11) is -4.01. The summed E-state index contributed by atoms with van der Waals surface area (Å²) in [4.78, 5) is 102. The zero-order valence-electron chi connectivity index (χ0n) is 47.7. The summed E-state index contributed by atoms with van der Waals surface area (Å²) in [6.07, 6.45) is 7.20. The Morgan fingerprint density at radius 1 is 0.951 bits per heavy atom. The van der Waals surface area contributed by atoms with Gasteiger partial charge in [0, 0.05) is 53.9 Å². The fourth-order valence-corrected chi connectivity index (χ4v) is 15.0. The third-order valence-corrected chi connectivity index (χ3v) is 19.6. The number of hydrogen-bond acceptors (Lipinski definition) is 13. The smallest absolute Gasteiger partial charge is 0.328 e. The van der Waals surface area contributed by atoms with Crippen LogP contribution in [0.5, 0.6) is 0 Å². The molecule has 0 aliphatic heterocycles. The fraction of sp³-hybridized carbons (Fsp3) is 0.678. The molecule has 5 aliphatic carbocycles. The molecule has 5 aliphatic rings. The van der Waals surface area contributed by atoms with Gasteiger partial charge in [0.2, 0.25) is 22.8 Å². The number of ketones is 1. The van der Waals surface area contributed by atoms with Gasteiger partial charge in [0.15, 0.2) is 17.1 Å². The number of allylic oxidation sites excluding steroid dienone is 4. The number of nitrogens with one attached hydrogen (secondary N) is 4. The van der Waals surface area contributed by atoms with Crippen molar-refractivity contribution in [3.05, 3.63) is 53.6 Å². The van der Waals surface area contributed by atoms with Crippen LogP contribution in [0.1, 0.15) is 149 Å². The first-order valence-corrected chi connectivity index (χ1v) is 31.6. The highest BCUT2D eigenvalue weighted by Crippen LogP contribution is 2.72. The minimum atomic E-state index is -4.01. The van der Waals surface area contributed by atoms with Gasteiger partial charge in [-0.2, -0.15) is 0 Å². The number of anilines is 1. The monoisotopic (exact) mass is 1190 g/mol. The van der Waals surface area contributed by atoms with Crippen molar-refractivity contribution in [2.75, 3.05) is 30.6 Å². The van der Waals surface area contributed by atoms with Crippen LogP contribution in [0.4, 0.5) is 23.7 Å². The molecular formula is C59H83F3N5O13PS. The molecule has 8 N–H and O–H groups in total. The van der Waals surface area contributed by atoms with Crippen LogP contribution in [0, 0.1) is 46.3 Å². The van der Waals surface area contributed by atoms with E-state index in [4.69, 9.17) is 19.7 Å². The summed E-state index contributed by atoms with van der Waals surface area (Å²) in [6, 6.07) is 2.43. The Morgan fingerprint density at radius 3 is 2.35 bits per heavy atom. The van der Waals surface area contributed by atoms with Gasteiger partial charge in [-0.05, 0) is 130 Å². The molecule has 0 bridgehead atoms. The summed E-state index contributed by atoms with van der Waals surface area (Å²) >= 11 is 0.349. The number of nitrogens with two attached hydrogens (primary N) is 1. The lowest BCUT2D eigenvalue weighted by atomic mass is 9.44. The molecule has 18 nitrogen and oxygen atoms in total. The molecule has 0 aromatic heterocycles. The molecule has 1 aromatic rings. The lowest BCUT2D eigenvalue weighted by Crippen LogP contribution is -2.70. The van der Waals surface area contributed by atoms with Crippen LogP contribution in [0.2, 0.25) is 0 Å². The molecule has 0 radical (unpaired) electrons. The SMILES string of the molecule is CC(C)C(NC(=O)COC1C#CCCCCC1)C(=O)NC(CCCNC(N)=O)C(=O)Nc1ccc(COP(=O)(O)CCCCCCCCC(=O)O[C@]2(C(=O)SCF)[C@H](C)C[C@H]3[C@@H]4C[C@H](F)C5=CC(=O)C=C[C@]5(C)[C@@]4(F)[C@@H](O)C[C@@]32C)cc1. The number of carbonyl (C=O) groups excluding carboxylic acids is 7. The van der Waals surface area contributed by atoms with Crippen LogP contribution in [0.15, 0.2) is 48.1 Å². The normalized spacial score (nSPS) is 29.8. The Morgan fingerprint density at radius 2 is 1.66 bits per heavy atom. The van der Waals surface area contributed by atoms with Gasteiger partial charge in [-0.15, -0.1) is 5.92 Å². The molecule has 82 heavy (non-hydrogen) atoms. The Labute approximate surface area is 483 Å². The summed E-state index contributed by atoms with van der Waals surface area (Å²) in [5.41, 5.74) is -1.29. The number of primary amides is 1. The zero-order valence-corrected chi connectivity index (χ0v) is 49.5. The van der Waals surface area contributed by atoms with Gasteiger partial charge in [0.1, 0.15) is 37.0 Å². The molecule has 13 atom stereocenters. The number of esters is 1. The van der Waals surface area contributed by atoms with E-state index < -0.39 is 118 Å². The first-order valence-electron chi connectivity index (χ1n) is 28.8. The molecule has 0 saturated heterocycles. The first kappa shape index (κ1) is 66.1. The van der Waals surface area contributed by atoms with Crippen molar-refractivity contribution in [1.29, 1.82) is 0 Å². The van der Waals surface area contributed by atoms with Crippen LogP contribution < -0.4 is 27.0 Å².